The Morgan fingerprint density at radius 3 is 0.900 bits per heavy atom. The minimum atomic E-state index is -0.442. The third kappa shape index (κ3) is 3.79. The second-order valence-electron chi connectivity index (χ2n) is 17.0. The van der Waals surface area contributed by atoms with E-state index in [1.807, 2.05) is 0 Å². The predicted molar refractivity (Wildman–Crippen MR) is 247 cm³/mol. The molecule has 0 aromatic heterocycles. The number of hydrogen-bond acceptors (Lipinski definition) is 0. The van der Waals surface area contributed by atoms with E-state index in [0.29, 0.717) is 0 Å². The van der Waals surface area contributed by atoms with Crippen molar-refractivity contribution in [3.05, 3.63) is 263 Å². The molecule has 0 bridgehead atoms. The van der Waals surface area contributed by atoms with Crippen molar-refractivity contribution in [2.24, 2.45) is 0 Å². The van der Waals surface area contributed by atoms with Gasteiger partial charge in [0.25, 0.3) is 0 Å². The molecule has 10 aromatic carbocycles. The molecule has 0 fully saturated rings. The van der Waals surface area contributed by atoms with E-state index in [1.165, 1.54) is 122 Å². The van der Waals surface area contributed by atoms with E-state index in [1.54, 1.807) is 0 Å². The van der Waals surface area contributed by atoms with Crippen molar-refractivity contribution in [3.8, 4) is 66.8 Å². The number of rotatable bonds is 2. The Labute approximate surface area is 349 Å². The van der Waals surface area contributed by atoms with Crippen molar-refractivity contribution < 1.29 is 0 Å². The summed E-state index contributed by atoms with van der Waals surface area (Å²) in [6, 6.07) is 82.8. The molecule has 0 saturated heterocycles. The van der Waals surface area contributed by atoms with Gasteiger partial charge >= 0.3 is 0 Å². The maximum atomic E-state index is 2.50. The van der Waals surface area contributed by atoms with Crippen molar-refractivity contribution >= 4 is 10.8 Å². The van der Waals surface area contributed by atoms with Crippen LogP contribution in [0, 0.1) is 0 Å². The number of hydrogen-bond donors (Lipinski definition) is 0. The van der Waals surface area contributed by atoms with Gasteiger partial charge in [-0.1, -0.05) is 206 Å². The van der Waals surface area contributed by atoms with Gasteiger partial charge in [-0.2, -0.15) is 0 Å². The van der Waals surface area contributed by atoms with Gasteiger partial charge in [0.05, 0.1) is 10.8 Å². The molecule has 0 N–H and O–H groups in total. The third-order valence-electron chi connectivity index (χ3n) is 14.5. The molecular formula is C60H36. The predicted octanol–water partition coefficient (Wildman–Crippen LogP) is 14.9. The molecular weight excluding hydrogens is 721 g/mol. The molecule has 0 heteroatoms. The molecule has 0 heterocycles. The summed E-state index contributed by atoms with van der Waals surface area (Å²) >= 11 is 0. The van der Waals surface area contributed by atoms with Gasteiger partial charge in [-0.3, -0.25) is 0 Å². The van der Waals surface area contributed by atoms with Gasteiger partial charge in [0, 0.05) is 0 Å². The van der Waals surface area contributed by atoms with E-state index in [2.05, 4.69) is 218 Å². The molecule has 0 nitrogen and oxygen atoms in total. The van der Waals surface area contributed by atoms with Crippen LogP contribution in [0.4, 0.5) is 0 Å². The highest BCUT2D eigenvalue weighted by molar-refractivity contribution is 6.14. The average Bonchev–Trinajstić information content (AvgIpc) is 4.00. The van der Waals surface area contributed by atoms with Gasteiger partial charge < -0.3 is 0 Å². The van der Waals surface area contributed by atoms with E-state index in [4.69, 9.17) is 0 Å². The van der Waals surface area contributed by atoms with Crippen LogP contribution in [0.2, 0.25) is 0 Å². The van der Waals surface area contributed by atoms with Crippen molar-refractivity contribution in [2.75, 3.05) is 0 Å². The Balaban J connectivity index is 1.11. The summed E-state index contributed by atoms with van der Waals surface area (Å²) in [6.07, 6.45) is 0. The van der Waals surface area contributed by atoms with E-state index in [0.717, 1.165) is 0 Å². The number of benzene rings is 10. The third-order valence-corrected chi connectivity index (χ3v) is 14.5. The molecule has 14 rings (SSSR count). The molecule has 276 valence electrons. The molecule has 0 amide bonds. The molecule has 2 spiro atoms. The Morgan fingerprint density at radius 2 is 0.533 bits per heavy atom. The van der Waals surface area contributed by atoms with Crippen LogP contribution in [-0.4, -0.2) is 0 Å². The lowest BCUT2D eigenvalue weighted by Crippen LogP contribution is -2.26. The summed E-state index contributed by atoms with van der Waals surface area (Å²) in [5, 5.41) is 2.63. The minimum Gasteiger partial charge on any atom is -0.0622 e. The summed E-state index contributed by atoms with van der Waals surface area (Å²) in [6.45, 7) is 0. The molecule has 0 radical (unpaired) electrons. The average molecular weight is 757 g/mol. The summed E-state index contributed by atoms with van der Waals surface area (Å²) in [4.78, 5) is 0. The molecule has 0 saturated carbocycles. The van der Waals surface area contributed by atoms with Crippen molar-refractivity contribution in [2.45, 2.75) is 10.8 Å². The van der Waals surface area contributed by atoms with Crippen molar-refractivity contribution in [3.63, 3.8) is 0 Å². The van der Waals surface area contributed by atoms with Crippen LogP contribution in [-0.2, 0) is 10.8 Å². The Bertz CT molecular complexity index is 3150. The maximum absolute atomic E-state index is 2.50. The lowest BCUT2D eigenvalue weighted by atomic mass is 9.69. The summed E-state index contributed by atoms with van der Waals surface area (Å²) in [5.41, 5.74) is 25.7. The lowest BCUT2D eigenvalue weighted by molar-refractivity contribution is 0.793. The largest absolute Gasteiger partial charge is 0.0725 e. The van der Waals surface area contributed by atoms with Crippen molar-refractivity contribution in [1.29, 1.82) is 0 Å². The van der Waals surface area contributed by atoms with E-state index >= 15 is 0 Å². The fraction of sp³-hybridized carbons (Fsp3) is 0.0333. The molecule has 4 aliphatic rings. The lowest BCUT2D eigenvalue weighted by Gasteiger charge is -2.31. The quantitative estimate of drug-likeness (QED) is 0.165. The second kappa shape index (κ2) is 11.6. The zero-order valence-corrected chi connectivity index (χ0v) is 32.8. The first-order valence-corrected chi connectivity index (χ1v) is 21.2. The molecule has 0 atom stereocenters. The van der Waals surface area contributed by atoms with Crippen LogP contribution >= 0.6 is 0 Å². The highest BCUT2D eigenvalue weighted by Crippen LogP contribution is 2.67. The zero-order valence-electron chi connectivity index (χ0n) is 32.8. The molecule has 10 aromatic rings. The topological polar surface area (TPSA) is 0 Å². The van der Waals surface area contributed by atoms with E-state index in [9.17, 15) is 0 Å². The van der Waals surface area contributed by atoms with Gasteiger partial charge in [-0.25, -0.2) is 0 Å². The first-order chi connectivity index (χ1) is 29.8. The monoisotopic (exact) mass is 756 g/mol. The normalized spacial score (nSPS) is 14.6. The highest BCUT2D eigenvalue weighted by atomic mass is 14.6. The van der Waals surface area contributed by atoms with Gasteiger partial charge in [0.2, 0.25) is 0 Å². The smallest absolute Gasteiger partial charge is 0.0622 e. The van der Waals surface area contributed by atoms with Crippen LogP contribution in [0.1, 0.15) is 44.5 Å². The van der Waals surface area contributed by atoms with Gasteiger partial charge in [-0.15, -0.1) is 0 Å². The van der Waals surface area contributed by atoms with Crippen molar-refractivity contribution in [1.82, 2.24) is 0 Å². The summed E-state index contributed by atoms with van der Waals surface area (Å²) in [7, 11) is 0. The Hall–Kier alpha value is -7.54. The minimum absolute atomic E-state index is 0.442. The molecule has 0 aliphatic heterocycles. The van der Waals surface area contributed by atoms with E-state index < -0.39 is 10.8 Å². The van der Waals surface area contributed by atoms with Crippen LogP contribution in [0.15, 0.2) is 218 Å². The molecule has 4 aliphatic carbocycles. The molecule has 0 unspecified atom stereocenters. The molecule has 60 heavy (non-hydrogen) atoms. The Kier molecular flexibility index (Phi) is 6.25. The first kappa shape index (κ1) is 32.4. The first-order valence-electron chi connectivity index (χ1n) is 21.2. The van der Waals surface area contributed by atoms with E-state index in [-0.39, 0.29) is 0 Å². The van der Waals surface area contributed by atoms with Gasteiger partial charge in [-0.05, 0) is 134 Å². The SMILES string of the molecule is c1ccc(-c2ccc3c(c2)C2(c4ccccc4-c4ccccc42)c2ccc4c5c(ccc4c2-3)C2(c3ccccc3-c3ccccc32)c2cc(-c3ccccc3)ccc2-5)cc1. The highest BCUT2D eigenvalue weighted by Gasteiger charge is 2.54. The summed E-state index contributed by atoms with van der Waals surface area (Å²) < 4.78 is 0. The fourth-order valence-corrected chi connectivity index (χ4v) is 12.3. The Morgan fingerprint density at radius 1 is 0.200 bits per heavy atom. The standard InChI is InChI=1S/C60H36/c1-3-15-37(16-4-1)39-27-29-47-55(35-39)59(49-23-11-7-19-41(49)42-20-8-12-24-50(42)59)53-33-31-46-45(57(47)53)32-34-54-58(46)48-30-28-40(38-17-5-2-6-18-38)36-56(48)60(54)51-25-13-9-21-43(51)44-22-10-14-26-52(44)60/h1-36H. The van der Waals surface area contributed by atoms with Gasteiger partial charge in [0.15, 0.2) is 0 Å². The second-order valence-corrected chi connectivity index (χ2v) is 17.0. The van der Waals surface area contributed by atoms with Crippen LogP contribution in [0.25, 0.3) is 77.5 Å². The van der Waals surface area contributed by atoms with Crippen LogP contribution in [0.5, 0.6) is 0 Å². The summed E-state index contributed by atoms with van der Waals surface area (Å²) in [5.74, 6) is 0. The fourth-order valence-electron chi connectivity index (χ4n) is 12.3. The maximum Gasteiger partial charge on any atom is 0.0725 e. The zero-order chi connectivity index (χ0) is 39.2. The number of fused-ring (bicyclic) bond motifs is 23. The van der Waals surface area contributed by atoms with Crippen LogP contribution in [0.3, 0.4) is 0 Å². The van der Waals surface area contributed by atoms with Gasteiger partial charge in [0.1, 0.15) is 0 Å². The van der Waals surface area contributed by atoms with Crippen LogP contribution < -0.4 is 0 Å².